The van der Waals surface area contributed by atoms with Gasteiger partial charge in [-0.1, -0.05) is 24.3 Å². The van der Waals surface area contributed by atoms with Gasteiger partial charge in [0.15, 0.2) is 0 Å². The summed E-state index contributed by atoms with van der Waals surface area (Å²) in [7, 11) is -3.69. The standard InChI is InChI=1S/C26H28N2O3S2/c1-3-28(33(30,31)23-17-15-22(32-2)16-18-23)21-13-11-20(12-14-21)26(29)27-25-10-6-8-19-7-4-5-9-24(19)25/h4-5,7,9,11-18,25H,3,6,8,10H2,1-2H3,(H,27,29)/t25-/m0/s1. The van der Waals surface area contributed by atoms with E-state index in [9.17, 15) is 13.2 Å². The second-order valence-corrected chi connectivity index (χ2v) is 10.8. The van der Waals surface area contributed by atoms with Crippen LogP contribution in [0.25, 0.3) is 0 Å². The zero-order valence-corrected chi connectivity index (χ0v) is 20.5. The highest BCUT2D eigenvalue weighted by Gasteiger charge is 2.25. The third-order valence-corrected chi connectivity index (χ3v) is 8.69. The molecule has 3 aromatic carbocycles. The van der Waals surface area contributed by atoms with Crippen LogP contribution < -0.4 is 9.62 Å². The maximum atomic E-state index is 13.2. The molecule has 0 aromatic heterocycles. The van der Waals surface area contributed by atoms with Gasteiger partial charge in [0.2, 0.25) is 0 Å². The summed E-state index contributed by atoms with van der Waals surface area (Å²) in [6, 6.07) is 21.9. The molecule has 5 nitrogen and oxygen atoms in total. The molecule has 1 N–H and O–H groups in total. The molecule has 172 valence electrons. The molecular weight excluding hydrogens is 452 g/mol. The molecule has 0 saturated heterocycles. The Morgan fingerprint density at radius 2 is 1.73 bits per heavy atom. The monoisotopic (exact) mass is 480 g/mol. The molecule has 1 aliphatic rings. The van der Waals surface area contributed by atoms with E-state index in [0.717, 1.165) is 24.2 Å². The molecule has 4 rings (SSSR count). The zero-order valence-electron chi connectivity index (χ0n) is 18.8. The maximum absolute atomic E-state index is 13.2. The molecule has 0 bridgehead atoms. The molecule has 33 heavy (non-hydrogen) atoms. The molecule has 0 fully saturated rings. The summed E-state index contributed by atoms with van der Waals surface area (Å²) in [4.78, 5) is 14.2. The zero-order chi connectivity index (χ0) is 23.4. The maximum Gasteiger partial charge on any atom is 0.264 e. The molecule has 0 radical (unpaired) electrons. The van der Waals surface area contributed by atoms with Crippen molar-refractivity contribution in [2.45, 2.75) is 42.0 Å². The van der Waals surface area contributed by atoms with Crippen LogP contribution in [0.5, 0.6) is 0 Å². The minimum Gasteiger partial charge on any atom is -0.345 e. The number of fused-ring (bicyclic) bond motifs is 1. The van der Waals surface area contributed by atoms with Gasteiger partial charge in [0.1, 0.15) is 0 Å². The Labute approximate surface area is 200 Å². The Bertz CT molecular complexity index is 1220. The van der Waals surface area contributed by atoms with Crippen LogP contribution in [0.2, 0.25) is 0 Å². The third-order valence-electron chi connectivity index (χ3n) is 6.03. The van der Waals surface area contributed by atoms with Gasteiger partial charge in [-0.3, -0.25) is 9.10 Å². The van der Waals surface area contributed by atoms with Crippen molar-refractivity contribution in [2.24, 2.45) is 0 Å². The highest BCUT2D eigenvalue weighted by Crippen LogP contribution is 2.30. The molecule has 0 aliphatic heterocycles. The number of carbonyl (C=O) groups is 1. The molecular formula is C26H28N2O3S2. The van der Waals surface area contributed by atoms with Crippen LogP contribution in [0.4, 0.5) is 5.69 Å². The summed E-state index contributed by atoms with van der Waals surface area (Å²) in [5, 5.41) is 3.15. The Balaban J connectivity index is 1.51. The van der Waals surface area contributed by atoms with Crippen LogP contribution in [0, 0.1) is 0 Å². The fourth-order valence-electron chi connectivity index (χ4n) is 4.29. The van der Waals surface area contributed by atoms with Crippen molar-refractivity contribution in [2.75, 3.05) is 17.1 Å². The van der Waals surface area contributed by atoms with E-state index in [-0.39, 0.29) is 23.4 Å². The number of hydrogen-bond acceptors (Lipinski definition) is 4. The predicted octanol–water partition coefficient (Wildman–Crippen LogP) is 5.43. The van der Waals surface area contributed by atoms with Crippen LogP contribution in [-0.2, 0) is 16.4 Å². The minimum atomic E-state index is -3.69. The van der Waals surface area contributed by atoms with Crippen LogP contribution >= 0.6 is 11.8 Å². The largest absolute Gasteiger partial charge is 0.345 e. The van der Waals surface area contributed by atoms with Gasteiger partial charge in [0.25, 0.3) is 15.9 Å². The number of carbonyl (C=O) groups excluding carboxylic acids is 1. The van der Waals surface area contributed by atoms with Crippen molar-refractivity contribution in [1.29, 1.82) is 0 Å². The first-order chi connectivity index (χ1) is 15.9. The SMILES string of the molecule is CCN(c1ccc(C(=O)N[C@H]2CCCc3ccccc32)cc1)S(=O)(=O)c1ccc(SC)cc1. The lowest BCUT2D eigenvalue weighted by Crippen LogP contribution is -2.32. The van der Waals surface area contributed by atoms with Crippen molar-refractivity contribution in [3.63, 3.8) is 0 Å². The number of aryl methyl sites for hydroxylation is 1. The number of benzene rings is 3. The predicted molar refractivity (Wildman–Crippen MR) is 134 cm³/mol. The first-order valence-electron chi connectivity index (χ1n) is 11.1. The molecule has 7 heteroatoms. The Hall–Kier alpha value is -2.77. The molecule has 1 atom stereocenters. The average Bonchev–Trinajstić information content (AvgIpc) is 2.85. The fraction of sp³-hybridized carbons (Fsp3) is 0.269. The quantitative estimate of drug-likeness (QED) is 0.458. The number of nitrogens with zero attached hydrogens (tertiary/aromatic N) is 1. The summed E-state index contributed by atoms with van der Waals surface area (Å²) >= 11 is 1.57. The Kier molecular flexibility index (Phi) is 7.10. The van der Waals surface area contributed by atoms with Gasteiger partial charge in [0, 0.05) is 17.0 Å². The molecule has 3 aromatic rings. The highest BCUT2D eigenvalue weighted by atomic mass is 32.2. The number of thioether (sulfide) groups is 1. The average molecular weight is 481 g/mol. The molecule has 1 amide bonds. The molecule has 0 saturated carbocycles. The Morgan fingerprint density at radius 1 is 1.03 bits per heavy atom. The van der Waals surface area contributed by atoms with E-state index in [4.69, 9.17) is 0 Å². The van der Waals surface area contributed by atoms with Crippen LogP contribution in [-0.4, -0.2) is 27.1 Å². The lowest BCUT2D eigenvalue weighted by molar-refractivity contribution is 0.0932. The first-order valence-corrected chi connectivity index (χ1v) is 13.8. The molecule has 0 spiro atoms. The van der Waals surface area contributed by atoms with E-state index in [0.29, 0.717) is 11.3 Å². The summed E-state index contributed by atoms with van der Waals surface area (Å²) in [6.45, 7) is 2.09. The van der Waals surface area contributed by atoms with E-state index < -0.39 is 10.0 Å². The number of rotatable bonds is 7. The van der Waals surface area contributed by atoms with Gasteiger partial charge < -0.3 is 5.32 Å². The van der Waals surface area contributed by atoms with Crippen molar-refractivity contribution in [3.8, 4) is 0 Å². The normalized spacial score (nSPS) is 15.5. The van der Waals surface area contributed by atoms with Crippen molar-refractivity contribution < 1.29 is 13.2 Å². The van der Waals surface area contributed by atoms with Gasteiger partial charge in [-0.2, -0.15) is 0 Å². The summed E-state index contributed by atoms with van der Waals surface area (Å²) < 4.78 is 27.8. The van der Waals surface area contributed by atoms with E-state index in [1.54, 1.807) is 55.1 Å². The van der Waals surface area contributed by atoms with Crippen LogP contribution in [0.3, 0.4) is 0 Å². The van der Waals surface area contributed by atoms with E-state index >= 15 is 0 Å². The molecule has 1 aliphatic carbocycles. The highest BCUT2D eigenvalue weighted by molar-refractivity contribution is 7.98. The van der Waals surface area contributed by atoms with Crippen molar-refractivity contribution >= 4 is 33.4 Å². The van der Waals surface area contributed by atoms with Gasteiger partial charge in [-0.05, 0) is 92.1 Å². The second-order valence-electron chi connectivity index (χ2n) is 8.01. The van der Waals surface area contributed by atoms with Gasteiger partial charge in [-0.15, -0.1) is 11.8 Å². The van der Waals surface area contributed by atoms with E-state index in [2.05, 4.69) is 17.4 Å². The third kappa shape index (κ3) is 4.94. The van der Waals surface area contributed by atoms with Crippen LogP contribution in [0.15, 0.2) is 82.6 Å². The minimum absolute atomic E-state index is 0.00102. The smallest absolute Gasteiger partial charge is 0.264 e. The van der Waals surface area contributed by atoms with Crippen molar-refractivity contribution in [3.05, 3.63) is 89.5 Å². The lowest BCUT2D eigenvalue weighted by Gasteiger charge is -2.26. The Morgan fingerprint density at radius 3 is 2.39 bits per heavy atom. The van der Waals surface area contributed by atoms with Crippen LogP contribution in [0.1, 0.15) is 47.3 Å². The van der Waals surface area contributed by atoms with Gasteiger partial charge in [0.05, 0.1) is 16.6 Å². The lowest BCUT2D eigenvalue weighted by atomic mass is 9.87. The summed E-state index contributed by atoms with van der Waals surface area (Å²) in [6.07, 6.45) is 4.95. The topological polar surface area (TPSA) is 66.5 Å². The fourth-order valence-corrected chi connectivity index (χ4v) is 6.17. The second kappa shape index (κ2) is 10.0. The number of nitrogens with one attached hydrogen (secondary N) is 1. The number of amides is 1. The van der Waals surface area contributed by atoms with Gasteiger partial charge >= 0.3 is 0 Å². The number of hydrogen-bond donors (Lipinski definition) is 1. The number of anilines is 1. The molecule has 0 unspecified atom stereocenters. The van der Waals surface area contributed by atoms with Gasteiger partial charge in [-0.25, -0.2) is 8.42 Å². The van der Waals surface area contributed by atoms with E-state index in [1.165, 1.54) is 15.4 Å². The van der Waals surface area contributed by atoms with Crippen molar-refractivity contribution in [1.82, 2.24) is 5.32 Å². The summed E-state index contributed by atoms with van der Waals surface area (Å²) in [5.74, 6) is -0.151. The van der Waals surface area contributed by atoms with E-state index in [1.807, 2.05) is 30.5 Å². The number of sulfonamides is 1. The summed E-state index contributed by atoms with van der Waals surface area (Å²) in [5.41, 5.74) is 3.52. The molecule has 0 heterocycles. The first kappa shape index (κ1) is 23.4.